The van der Waals surface area contributed by atoms with Crippen LogP contribution in [0.3, 0.4) is 0 Å². The van der Waals surface area contributed by atoms with Crippen molar-refractivity contribution in [2.24, 2.45) is 0 Å². The molecule has 15 heteroatoms. The van der Waals surface area contributed by atoms with E-state index in [0.29, 0.717) is 12.4 Å². The zero-order chi connectivity index (χ0) is 34.8. The average Bonchev–Trinajstić information content (AvgIpc) is 3.60. The molecule has 1 fully saturated rings. The average molecular weight is 712 g/mol. The number of rotatable bonds is 17. The first-order chi connectivity index (χ1) is 22.9. The number of aromatic nitrogens is 4. The number of fused-ring (bicyclic) bond motifs is 1. The fourth-order valence-electron chi connectivity index (χ4n) is 4.86. The largest absolute Gasteiger partial charge is 0.484 e. The minimum absolute atomic E-state index is 0.0847. The van der Waals surface area contributed by atoms with Gasteiger partial charge in [-0.1, -0.05) is 60.6 Å². The molecule has 3 aromatic rings. The van der Waals surface area contributed by atoms with Crippen LogP contribution >= 0.6 is 30.1 Å². The lowest BCUT2D eigenvalue weighted by atomic mass is 10.2. The number of alkyl halides is 1. The van der Waals surface area contributed by atoms with Crippen molar-refractivity contribution in [2.75, 3.05) is 24.3 Å². The van der Waals surface area contributed by atoms with E-state index in [9.17, 15) is 4.79 Å². The molecule has 1 saturated heterocycles. The summed E-state index contributed by atoms with van der Waals surface area (Å²) in [5, 5.41) is 2.70. The number of unbranched alkanes of at least 4 members (excludes halogenated alkanes) is 1. The highest BCUT2D eigenvalue weighted by atomic mass is 33.1. The molecular formula is C32H48FN6O5PS2. The molecule has 11 nitrogen and oxygen atoms in total. The van der Waals surface area contributed by atoms with Crippen LogP contribution < -0.4 is 10.1 Å². The second-order valence-corrected chi connectivity index (χ2v) is 17.3. The summed E-state index contributed by atoms with van der Waals surface area (Å²) in [6.45, 7) is 14.9. The van der Waals surface area contributed by atoms with Gasteiger partial charge in [-0.3, -0.25) is 9.36 Å². The molecule has 260 valence electrons. The molecule has 0 radical (unpaired) electrons. The lowest BCUT2D eigenvalue weighted by Crippen LogP contribution is -2.37. The predicted molar refractivity (Wildman–Crippen MR) is 189 cm³/mol. The van der Waals surface area contributed by atoms with Crippen molar-refractivity contribution in [3.05, 3.63) is 43.0 Å². The van der Waals surface area contributed by atoms with Crippen molar-refractivity contribution in [2.45, 2.75) is 110 Å². The standard InChI is InChI=1S/C32H48FN6O5PS2/c1-21(2)39(22(3)4)45(42-16-12-13-17-46-47-32(6,7)8)44-28-23(5)43-31(26(28)33)38-20-36-27-29(34-19-35-30(27)38)37-25(40)18-41-24-14-10-9-11-15-24/h9-11,14-15,19-23,26,28,31H,12-13,16-18H2,1-8H3,(H,34,35,37,40)/t23-,26?,28+,31-,45?/m1/s1/i5D. The van der Waals surface area contributed by atoms with Crippen LogP contribution in [0.1, 0.15) is 75.8 Å². The second kappa shape index (κ2) is 17.6. The maximum absolute atomic E-state index is 16.4. The van der Waals surface area contributed by atoms with Gasteiger partial charge < -0.3 is 23.8 Å². The van der Waals surface area contributed by atoms with Crippen LogP contribution in [0.15, 0.2) is 43.0 Å². The van der Waals surface area contributed by atoms with Gasteiger partial charge in [-0.05, 0) is 59.6 Å². The van der Waals surface area contributed by atoms with E-state index in [4.69, 9.17) is 19.9 Å². The van der Waals surface area contributed by atoms with Gasteiger partial charge >= 0.3 is 0 Å². The molecular weight excluding hydrogens is 662 g/mol. The molecule has 2 unspecified atom stereocenters. The molecule has 4 rings (SSSR count). The number of benzene rings is 1. The number of halogens is 1. The van der Waals surface area contributed by atoms with E-state index >= 15 is 4.39 Å². The van der Waals surface area contributed by atoms with Crippen molar-refractivity contribution in [3.8, 4) is 5.75 Å². The van der Waals surface area contributed by atoms with E-state index in [-0.39, 0.29) is 47.3 Å². The zero-order valence-electron chi connectivity index (χ0n) is 29.2. The molecule has 5 atom stereocenters. The van der Waals surface area contributed by atoms with Gasteiger partial charge in [-0.2, -0.15) is 0 Å². The van der Waals surface area contributed by atoms with Crippen molar-refractivity contribution >= 4 is 53.0 Å². The van der Waals surface area contributed by atoms with Gasteiger partial charge in [0.25, 0.3) is 14.4 Å². The second-order valence-electron chi connectivity index (χ2n) is 12.6. The van der Waals surface area contributed by atoms with Gasteiger partial charge in [-0.25, -0.2) is 24.0 Å². The van der Waals surface area contributed by atoms with E-state index < -0.39 is 39.0 Å². The molecule has 0 saturated carbocycles. The topological polar surface area (TPSA) is 113 Å². The Morgan fingerprint density at radius 3 is 2.60 bits per heavy atom. The summed E-state index contributed by atoms with van der Waals surface area (Å²) >= 11 is 0. The van der Waals surface area contributed by atoms with E-state index in [1.807, 2.05) is 39.8 Å². The number of nitrogens with one attached hydrogen (secondary N) is 1. The van der Waals surface area contributed by atoms with E-state index in [0.717, 1.165) is 18.6 Å². The zero-order valence-corrected chi connectivity index (χ0v) is 30.7. The molecule has 1 amide bonds. The molecule has 1 aliphatic heterocycles. The van der Waals surface area contributed by atoms with Crippen LogP contribution in [0.2, 0.25) is 0 Å². The highest BCUT2D eigenvalue weighted by Gasteiger charge is 2.48. The van der Waals surface area contributed by atoms with Crippen LogP contribution in [0.4, 0.5) is 10.2 Å². The van der Waals surface area contributed by atoms with Crippen molar-refractivity contribution in [3.63, 3.8) is 0 Å². The Morgan fingerprint density at radius 2 is 1.91 bits per heavy atom. The number of anilines is 1. The van der Waals surface area contributed by atoms with Crippen molar-refractivity contribution in [1.82, 2.24) is 24.2 Å². The Balaban J connectivity index is 1.44. The summed E-state index contributed by atoms with van der Waals surface area (Å²) in [7, 11) is 2.08. The van der Waals surface area contributed by atoms with E-state index in [2.05, 4.69) is 73.4 Å². The summed E-state index contributed by atoms with van der Waals surface area (Å²) in [4.78, 5) is 25.5. The van der Waals surface area contributed by atoms with Crippen molar-refractivity contribution < 1.29 is 29.1 Å². The SMILES string of the molecule is [2H]C[C@H]1O[C@@H](n2cnc3c(NC(=O)COc4ccccc4)ncnc32)C(F)[C@H]1OP(OCCCCSSC(C)(C)C)N(C(C)C)C(C)C. The van der Waals surface area contributed by atoms with Gasteiger partial charge in [0.2, 0.25) is 0 Å². The maximum Gasteiger partial charge on any atom is 0.263 e. The van der Waals surface area contributed by atoms with Gasteiger partial charge in [-0.15, -0.1) is 0 Å². The molecule has 0 spiro atoms. The summed E-state index contributed by atoms with van der Waals surface area (Å²) in [6.07, 6.45) is -0.185. The van der Waals surface area contributed by atoms with Gasteiger partial charge in [0.05, 0.1) is 19.0 Å². The third kappa shape index (κ3) is 10.7. The highest BCUT2D eigenvalue weighted by Crippen LogP contribution is 2.50. The molecule has 0 bridgehead atoms. The monoisotopic (exact) mass is 711 g/mol. The first-order valence-electron chi connectivity index (χ1n) is 16.5. The molecule has 1 N–H and O–H groups in total. The lowest BCUT2D eigenvalue weighted by molar-refractivity contribution is -0.118. The summed E-state index contributed by atoms with van der Waals surface area (Å²) in [6, 6.07) is 9.15. The molecule has 0 aliphatic carbocycles. The number of nitrogens with zero attached hydrogens (tertiary/aromatic N) is 5. The number of imidazole rings is 1. The minimum Gasteiger partial charge on any atom is -0.484 e. The van der Waals surface area contributed by atoms with E-state index in [1.165, 1.54) is 17.2 Å². The van der Waals surface area contributed by atoms with Crippen LogP contribution in [0.5, 0.6) is 5.75 Å². The van der Waals surface area contributed by atoms with Crippen LogP contribution in [-0.4, -0.2) is 84.3 Å². The molecule has 3 heterocycles. The van der Waals surface area contributed by atoms with Gasteiger partial charge in [0.1, 0.15) is 18.2 Å². The summed E-state index contributed by atoms with van der Waals surface area (Å²) < 4.78 is 52.8. The maximum atomic E-state index is 16.4. The quantitative estimate of drug-likeness (QED) is 0.0841. The number of ether oxygens (including phenoxy) is 2. The molecule has 1 aliphatic rings. The fraction of sp³-hybridized carbons (Fsp3) is 0.625. The summed E-state index contributed by atoms with van der Waals surface area (Å²) in [5.74, 6) is 1.30. The number of carbonyl (C=O) groups is 1. The Labute approximate surface area is 288 Å². The third-order valence-electron chi connectivity index (χ3n) is 6.86. The number of carbonyl (C=O) groups excluding carboxylic acids is 1. The first kappa shape index (κ1) is 36.2. The third-order valence-corrected chi connectivity index (χ3v) is 12.4. The smallest absolute Gasteiger partial charge is 0.263 e. The van der Waals surface area contributed by atoms with Crippen molar-refractivity contribution in [1.29, 1.82) is 0 Å². The Hall–Kier alpha value is -2.06. The summed E-state index contributed by atoms with van der Waals surface area (Å²) in [5.41, 5.74) is 0.539. The number of hydrogen-bond acceptors (Lipinski definition) is 11. The number of amides is 1. The Bertz CT molecular complexity index is 1430. The highest BCUT2D eigenvalue weighted by molar-refractivity contribution is 8.77. The molecule has 1 aromatic carbocycles. The van der Waals surface area contributed by atoms with Gasteiger partial charge in [0, 0.05) is 24.0 Å². The lowest BCUT2D eigenvalue weighted by Gasteiger charge is -2.37. The minimum atomic E-state index is -1.65. The normalized spacial score (nSPS) is 21.1. The van der Waals surface area contributed by atoms with E-state index in [1.54, 1.807) is 12.1 Å². The molecule has 47 heavy (non-hydrogen) atoms. The molecule has 2 aromatic heterocycles. The number of para-hydroxylation sites is 1. The van der Waals surface area contributed by atoms with Crippen LogP contribution in [-0.2, 0) is 18.6 Å². The number of hydrogen-bond donors (Lipinski definition) is 1. The van der Waals surface area contributed by atoms with Crippen LogP contribution in [0.25, 0.3) is 11.2 Å². The first-order valence-corrected chi connectivity index (χ1v) is 19.3. The Kier molecular flexibility index (Phi) is 13.5. The Morgan fingerprint density at radius 1 is 1.17 bits per heavy atom. The fourth-order valence-corrected chi connectivity index (χ4v) is 9.09. The van der Waals surface area contributed by atoms with Gasteiger partial charge in [0.15, 0.2) is 36.0 Å². The van der Waals surface area contributed by atoms with Crippen LogP contribution in [0, 0.1) is 0 Å². The predicted octanol–water partition coefficient (Wildman–Crippen LogP) is 7.81.